The summed E-state index contributed by atoms with van der Waals surface area (Å²) in [6.07, 6.45) is 22.4. The van der Waals surface area contributed by atoms with Crippen molar-refractivity contribution in [1.29, 1.82) is 0 Å². The Balaban J connectivity index is 2.90. The van der Waals surface area contributed by atoms with Crippen LogP contribution in [0.15, 0.2) is 0 Å². The third-order valence-corrected chi connectivity index (χ3v) is 4.32. The number of hydrogen-bond donors (Lipinski definition) is 2. The molecule has 0 saturated heterocycles. The minimum atomic E-state index is 0.364. The summed E-state index contributed by atoms with van der Waals surface area (Å²) in [7, 11) is 0. The van der Waals surface area contributed by atoms with Gasteiger partial charge < -0.3 is 10.2 Å². The molecule has 21 heavy (non-hydrogen) atoms. The van der Waals surface area contributed by atoms with E-state index < -0.39 is 0 Å². The molecule has 0 aromatic rings. The molecule has 0 radical (unpaired) electrons. The summed E-state index contributed by atoms with van der Waals surface area (Å²) in [5.41, 5.74) is 0. The van der Waals surface area contributed by atoms with E-state index in [0.717, 1.165) is 12.8 Å². The van der Waals surface area contributed by atoms with Gasteiger partial charge in [-0.15, -0.1) is 0 Å². The number of hydrogen-bond acceptors (Lipinski definition) is 2. The van der Waals surface area contributed by atoms with Crippen molar-refractivity contribution >= 4 is 0 Å². The average Bonchev–Trinajstić information content (AvgIpc) is 2.50. The fourth-order valence-corrected chi connectivity index (χ4v) is 2.88. The molecule has 0 rings (SSSR count). The lowest BCUT2D eigenvalue weighted by Gasteiger charge is -2.03. The van der Waals surface area contributed by atoms with Gasteiger partial charge in [-0.2, -0.15) is 0 Å². The summed E-state index contributed by atoms with van der Waals surface area (Å²) >= 11 is 0. The first-order chi connectivity index (χ1) is 10.4. The quantitative estimate of drug-likeness (QED) is 0.323. The Morgan fingerprint density at radius 1 is 0.238 bits per heavy atom. The Bertz CT molecular complexity index is 153. The summed E-state index contributed by atoms with van der Waals surface area (Å²) in [6.45, 7) is 0.728. The van der Waals surface area contributed by atoms with E-state index in [9.17, 15) is 0 Å². The molecule has 0 aromatic carbocycles. The van der Waals surface area contributed by atoms with Crippen LogP contribution < -0.4 is 0 Å². The van der Waals surface area contributed by atoms with E-state index in [-0.39, 0.29) is 0 Å². The molecular formula is C19H40O2. The van der Waals surface area contributed by atoms with Crippen molar-refractivity contribution in [3.63, 3.8) is 0 Å². The summed E-state index contributed by atoms with van der Waals surface area (Å²) < 4.78 is 0. The maximum Gasteiger partial charge on any atom is 0.0431 e. The molecular weight excluding hydrogens is 260 g/mol. The van der Waals surface area contributed by atoms with Crippen LogP contribution in [0.25, 0.3) is 0 Å². The fraction of sp³-hybridized carbons (Fsp3) is 1.00. The number of aliphatic hydroxyl groups is 2. The van der Waals surface area contributed by atoms with Gasteiger partial charge in [-0.1, -0.05) is 96.3 Å². The predicted molar refractivity (Wildman–Crippen MR) is 92.7 cm³/mol. The highest BCUT2D eigenvalue weighted by atomic mass is 16.3. The van der Waals surface area contributed by atoms with Crippen molar-refractivity contribution in [3.05, 3.63) is 0 Å². The van der Waals surface area contributed by atoms with Gasteiger partial charge in [0.05, 0.1) is 0 Å². The van der Waals surface area contributed by atoms with Gasteiger partial charge in [0.2, 0.25) is 0 Å². The average molecular weight is 301 g/mol. The molecule has 0 unspecified atom stereocenters. The highest BCUT2D eigenvalue weighted by molar-refractivity contribution is 4.50. The standard InChI is InChI=1S/C19H40O2/c20-18-16-14-12-10-8-6-4-2-1-3-5-7-9-11-13-15-17-19-21/h20-21H,1-19H2. The first-order valence-corrected chi connectivity index (χ1v) is 9.63. The van der Waals surface area contributed by atoms with Gasteiger partial charge in [0.1, 0.15) is 0 Å². The Hall–Kier alpha value is -0.0800. The lowest BCUT2D eigenvalue weighted by atomic mass is 10.0. The van der Waals surface area contributed by atoms with Crippen molar-refractivity contribution in [2.75, 3.05) is 13.2 Å². The second-order valence-electron chi connectivity index (χ2n) is 6.46. The maximum absolute atomic E-state index is 8.68. The zero-order chi connectivity index (χ0) is 15.4. The summed E-state index contributed by atoms with van der Waals surface area (Å²) in [4.78, 5) is 0. The van der Waals surface area contributed by atoms with Crippen molar-refractivity contribution in [2.45, 2.75) is 109 Å². The SMILES string of the molecule is OCCCCCCCCCCCCCCCCCCCO. The summed E-state index contributed by atoms with van der Waals surface area (Å²) in [5, 5.41) is 17.4. The minimum Gasteiger partial charge on any atom is -0.396 e. The largest absolute Gasteiger partial charge is 0.396 e. The molecule has 2 N–H and O–H groups in total. The molecule has 0 fully saturated rings. The smallest absolute Gasteiger partial charge is 0.0431 e. The van der Waals surface area contributed by atoms with E-state index in [0.29, 0.717) is 13.2 Å². The van der Waals surface area contributed by atoms with Gasteiger partial charge in [0.15, 0.2) is 0 Å². The lowest BCUT2D eigenvalue weighted by molar-refractivity contribution is 0.282. The van der Waals surface area contributed by atoms with Gasteiger partial charge in [0.25, 0.3) is 0 Å². The molecule has 0 amide bonds. The maximum atomic E-state index is 8.68. The number of aliphatic hydroxyl groups excluding tert-OH is 2. The van der Waals surface area contributed by atoms with Crippen LogP contribution in [0, 0.1) is 0 Å². The van der Waals surface area contributed by atoms with Crippen LogP contribution in [-0.4, -0.2) is 23.4 Å². The number of rotatable bonds is 18. The fourth-order valence-electron chi connectivity index (χ4n) is 2.88. The second kappa shape index (κ2) is 19.9. The van der Waals surface area contributed by atoms with Crippen LogP contribution in [0.3, 0.4) is 0 Å². The highest BCUT2D eigenvalue weighted by Gasteiger charge is 1.94. The molecule has 128 valence electrons. The summed E-state index contributed by atoms with van der Waals surface area (Å²) in [6, 6.07) is 0. The molecule has 0 saturated carbocycles. The normalized spacial score (nSPS) is 11.1. The first kappa shape index (κ1) is 20.9. The van der Waals surface area contributed by atoms with Crippen LogP contribution in [0.4, 0.5) is 0 Å². The Kier molecular flexibility index (Phi) is 19.8. The molecule has 0 aromatic heterocycles. The van der Waals surface area contributed by atoms with Crippen LogP contribution in [0.2, 0.25) is 0 Å². The van der Waals surface area contributed by atoms with E-state index >= 15 is 0 Å². The monoisotopic (exact) mass is 300 g/mol. The van der Waals surface area contributed by atoms with Gasteiger partial charge in [0, 0.05) is 13.2 Å². The van der Waals surface area contributed by atoms with E-state index in [1.165, 1.54) is 96.3 Å². The second-order valence-corrected chi connectivity index (χ2v) is 6.46. The number of unbranched alkanes of at least 4 members (excludes halogenated alkanes) is 16. The van der Waals surface area contributed by atoms with Gasteiger partial charge in [-0.3, -0.25) is 0 Å². The van der Waals surface area contributed by atoms with E-state index in [4.69, 9.17) is 10.2 Å². The van der Waals surface area contributed by atoms with Gasteiger partial charge in [-0.05, 0) is 12.8 Å². The summed E-state index contributed by atoms with van der Waals surface area (Å²) in [5.74, 6) is 0. The molecule has 0 bridgehead atoms. The van der Waals surface area contributed by atoms with Crippen LogP contribution >= 0.6 is 0 Å². The van der Waals surface area contributed by atoms with Crippen LogP contribution in [0.5, 0.6) is 0 Å². The zero-order valence-electron chi connectivity index (χ0n) is 14.3. The molecule has 0 aliphatic rings. The minimum absolute atomic E-state index is 0.364. The van der Waals surface area contributed by atoms with Crippen molar-refractivity contribution in [3.8, 4) is 0 Å². The molecule has 0 aliphatic heterocycles. The van der Waals surface area contributed by atoms with Crippen molar-refractivity contribution in [2.24, 2.45) is 0 Å². The Labute approximate surface area is 133 Å². The predicted octanol–water partition coefficient (Wildman–Crippen LogP) is 5.60. The Morgan fingerprint density at radius 2 is 0.381 bits per heavy atom. The third-order valence-electron chi connectivity index (χ3n) is 4.32. The molecule has 2 heteroatoms. The van der Waals surface area contributed by atoms with Crippen molar-refractivity contribution in [1.82, 2.24) is 0 Å². The highest BCUT2D eigenvalue weighted by Crippen LogP contribution is 2.13. The van der Waals surface area contributed by atoms with E-state index in [2.05, 4.69) is 0 Å². The lowest BCUT2D eigenvalue weighted by Crippen LogP contribution is -1.85. The Morgan fingerprint density at radius 3 is 0.524 bits per heavy atom. The van der Waals surface area contributed by atoms with Gasteiger partial charge >= 0.3 is 0 Å². The van der Waals surface area contributed by atoms with Crippen molar-refractivity contribution < 1.29 is 10.2 Å². The van der Waals surface area contributed by atoms with Gasteiger partial charge in [-0.25, -0.2) is 0 Å². The van der Waals surface area contributed by atoms with Crippen LogP contribution in [-0.2, 0) is 0 Å². The molecule has 0 heterocycles. The molecule has 0 aliphatic carbocycles. The first-order valence-electron chi connectivity index (χ1n) is 9.63. The van der Waals surface area contributed by atoms with E-state index in [1.54, 1.807) is 0 Å². The third kappa shape index (κ3) is 19.9. The van der Waals surface area contributed by atoms with Crippen LogP contribution in [0.1, 0.15) is 109 Å². The zero-order valence-corrected chi connectivity index (χ0v) is 14.3. The topological polar surface area (TPSA) is 40.5 Å². The molecule has 0 spiro atoms. The van der Waals surface area contributed by atoms with E-state index in [1.807, 2.05) is 0 Å². The molecule has 0 atom stereocenters. The molecule has 2 nitrogen and oxygen atoms in total.